The monoisotopic (exact) mass is 701 g/mol. The van der Waals surface area contributed by atoms with Crippen LogP contribution in [0.2, 0.25) is 0 Å². The number of nitrogens with zero attached hydrogens (tertiary/aromatic N) is 3. The highest BCUT2D eigenvalue weighted by atomic mass is 16.2. The van der Waals surface area contributed by atoms with Gasteiger partial charge in [0.1, 0.15) is 12.1 Å². The normalized spacial score (nSPS) is 23.7. The van der Waals surface area contributed by atoms with Gasteiger partial charge in [0.15, 0.2) is 0 Å². The number of unbranched alkanes of at least 4 members (excludes halogenated alkanes) is 1. The van der Waals surface area contributed by atoms with Gasteiger partial charge >= 0.3 is 6.03 Å². The molecule has 4 N–H and O–H groups in total. The lowest BCUT2D eigenvalue weighted by Crippen LogP contribution is -2.63. The largest absolute Gasteiger partial charge is 0.346 e. The molecule has 1 saturated carbocycles. The molecule has 2 saturated heterocycles. The van der Waals surface area contributed by atoms with Gasteiger partial charge in [0.05, 0.1) is 25.2 Å². The van der Waals surface area contributed by atoms with Crippen LogP contribution in [-0.2, 0) is 28.8 Å². The molecule has 50 heavy (non-hydrogen) atoms. The van der Waals surface area contributed by atoms with Crippen molar-refractivity contribution in [2.45, 2.75) is 106 Å². The van der Waals surface area contributed by atoms with Gasteiger partial charge in [-0.2, -0.15) is 0 Å². The van der Waals surface area contributed by atoms with Crippen LogP contribution >= 0.6 is 0 Å². The van der Waals surface area contributed by atoms with Crippen molar-refractivity contribution in [2.75, 3.05) is 39.8 Å². The van der Waals surface area contributed by atoms with E-state index in [1.807, 2.05) is 62.3 Å². The van der Waals surface area contributed by atoms with Crippen LogP contribution in [0.25, 0.3) is 0 Å². The average molecular weight is 702 g/mol. The number of fused-ring (bicyclic) bond motifs is 1. The van der Waals surface area contributed by atoms with Gasteiger partial charge in [-0.3, -0.25) is 38.6 Å². The lowest BCUT2D eigenvalue weighted by molar-refractivity contribution is -0.151. The fraction of sp³-hybridized carbons (Fsp3) is 0.750. The van der Waals surface area contributed by atoms with Gasteiger partial charge in [-0.15, -0.1) is 6.58 Å². The van der Waals surface area contributed by atoms with Gasteiger partial charge in [-0.05, 0) is 41.5 Å². The highest BCUT2D eigenvalue weighted by Crippen LogP contribution is 2.65. The van der Waals surface area contributed by atoms with Crippen molar-refractivity contribution in [2.24, 2.45) is 28.1 Å². The van der Waals surface area contributed by atoms with Gasteiger partial charge in [0.25, 0.3) is 5.91 Å². The third-order valence-corrected chi connectivity index (χ3v) is 10.4. The number of hydrogen-bond donors (Lipinski definition) is 4. The van der Waals surface area contributed by atoms with Gasteiger partial charge in [0.2, 0.25) is 29.4 Å². The lowest BCUT2D eigenvalue weighted by Gasteiger charge is -2.40. The van der Waals surface area contributed by atoms with Crippen LogP contribution in [0.4, 0.5) is 4.79 Å². The first-order chi connectivity index (χ1) is 23.1. The Labute approximate surface area is 296 Å². The lowest BCUT2D eigenvalue weighted by atomic mass is 9.84. The van der Waals surface area contributed by atoms with E-state index in [1.165, 1.54) is 15.9 Å². The van der Waals surface area contributed by atoms with Crippen LogP contribution in [0, 0.1) is 28.1 Å². The molecule has 6 atom stereocenters. The summed E-state index contributed by atoms with van der Waals surface area (Å²) in [6.45, 7) is 21.3. The molecule has 3 fully saturated rings. The summed E-state index contributed by atoms with van der Waals surface area (Å²) in [5, 5.41) is 11.1. The molecule has 14 nitrogen and oxygen atoms in total. The summed E-state index contributed by atoms with van der Waals surface area (Å²) in [6, 6.07) is -4.28. The number of Topliss-reactive ketones (excluding diaryl/α,β-unsaturated/α-hetero) is 1. The van der Waals surface area contributed by atoms with E-state index in [2.05, 4.69) is 27.8 Å². The summed E-state index contributed by atoms with van der Waals surface area (Å²) in [5.41, 5.74) is -1.55. The molecule has 14 heteroatoms. The number of carbonyl (C=O) groups excluding carboxylic acids is 7. The van der Waals surface area contributed by atoms with Crippen LogP contribution < -0.4 is 21.3 Å². The Morgan fingerprint density at radius 1 is 0.960 bits per heavy atom. The summed E-state index contributed by atoms with van der Waals surface area (Å²) < 4.78 is 0. The Hall–Kier alpha value is -3.81. The first-order valence-electron chi connectivity index (χ1n) is 17.7. The Balaban J connectivity index is 1.83. The van der Waals surface area contributed by atoms with E-state index in [4.69, 9.17) is 0 Å². The Bertz CT molecular complexity index is 1350. The predicted octanol–water partition coefficient (Wildman–Crippen LogP) is 1.44. The highest BCUT2D eigenvalue weighted by Gasteiger charge is 2.70. The standard InChI is InChI=1S/C36H59N7O7/c1-12-14-15-22(28(46)31(48)37-16-13-2)38-30(47)27-26-21(36(26,9)10)17-43(27)32(49)29(35(6,7)8)40-33(50)39-23(34(3,4)5)18-42-24(44)19-41(11)20-25(42)45/h13,21-23,26-27,29H,2,12,14-20H2,1,3-11H3,(H,37,48)(H,38,47)(H2,39,40,50)/t21-,22?,23-,26-,27-,29+/m0/s1. The Kier molecular flexibility index (Phi) is 12.7. The molecule has 0 aromatic carbocycles. The van der Waals surface area contributed by atoms with Crippen molar-refractivity contribution in [1.29, 1.82) is 0 Å². The molecule has 0 spiro atoms. The van der Waals surface area contributed by atoms with Crippen LogP contribution in [-0.4, -0.2) is 120 Å². The zero-order valence-corrected chi connectivity index (χ0v) is 31.6. The number of carbonyl (C=O) groups is 7. The Morgan fingerprint density at radius 2 is 1.56 bits per heavy atom. The molecule has 0 radical (unpaired) electrons. The second kappa shape index (κ2) is 15.6. The average Bonchev–Trinajstić information content (AvgIpc) is 3.31. The fourth-order valence-corrected chi connectivity index (χ4v) is 7.05. The Morgan fingerprint density at radius 3 is 2.08 bits per heavy atom. The van der Waals surface area contributed by atoms with E-state index in [9.17, 15) is 33.6 Å². The van der Waals surface area contributed by atoms with Crippen LogP contribution in [0.15, 0.2) is 12.7 Å². The maximum atomic E-state index is 14.4. The SMILES string of the molecule is C=CCNC(=O)C(=O)C(CCCC)NC(=O)[C@@H]1[C@@H]2[C@H](CN1C(=O)[C@@H](NC(=O)N[C@@H](CN1C(=O)CN(C)CC1=O)C(C)(C)C)C(C)(C)C)C2(C)C. The van der Waals surface area contributed by atoms with E-state index < -0.39 is 64.5 Å². The summed E-state index contributed by atoms with van der Waals surface area (Å²) >= 11 is 0. The van der Waals surface area contributed by atoms with Gasteiger partial charge in [-0.1, -0.05) is 81.2 Å². The number of hydrogen-bond acceptors (Lipinski definition) is 8. The van der Waals surface area contributed by atoms with E-state index in [0.717, 1.165) is 6.42 Å². The number of amides is 7. The van der Waals surface area contributed by atoms with Crippen LogP contribution in [0.1, 0.15) is 81.6 Å². The first-order valence-corrected chi connectivity index (χ1v) is 17.7. The molecule has 7 amide bonds. The van der Waals surface area contributed by atoms with Crippen molar-refractivity contribution in [1.82, 2.24) is 36.0 Å². The molecule has 3 rings (SSSR count). The van der Waals surface area contributed by atoms with Crippen LogP contribution in [0.5, 0.6) is 0 Å². The molecule has 3 aliphatic rings. The van der Waals surface area contributed by atoms with Gasteiger partial charge in [-0.25, -0.2) is 4.79 Å². The number of likely N-dealkylation sites (tertiary alicyclic amines) is 1. The minimum atomic E-state index is -1.05. The van der Waals surface area contributed by atoms with E-state index in [0.29, 0.717) is 13.0 Å². The number of piperidine rings is 1. The molecule has 2 heterocycles. The van der Waals surface area contributed by atoms with Crippen molar-refractivity contribution >= 4 is 41.4 Å². The molecule has 2 aliphatic heterocycles. The van der Waals surface area contributed by atoms with Crippen molar-refractivity contribution in [3.05, 3.63) is 12.7 Å². The van der Waals surface area contributed by atoms with Crippen molar-refractivity contribution in [3.8, 4) is 0 Å². The summed E-state index contributed by atoms with van der Waals surface area (Å²) in [6.07, 6.45) is 3.08. The second-order valence-electron chi connectivity index (χ2n) is 16.9. The van der Waals surface area contributed by atoms with E-state index in [1.54, 1.807) is 11.9 Å². The molecule has 0 aromatic heterocycles. The molecule has 1 aliphatic carbocycles. The van der Waals surface area contributed by atoms with Gasteiger partial charge < -0.3 is 26.2 Å². The maximum Gasteiger partial charge on any atom is 0.315 e. The topological polar surface area (TPSA) is 177 Å². The summed E-state index contributed by atoms with van der Waals surface area (Å²) in [7, 11) is 1.69. The number of piperazine rings is 1. The maximum absolute atomic E-state index is 14.4. The van der Waals surface area contributed by atoms with Gasteiger partial charge in [0, 0.05) is 19.6 Å². The van der Waals surface area contributed by atoms with Crippen molar-refractivity contribution in [3.63, 3.8) is 0 Å². The number of rotatable bonds is 14. The number of likely N-dealkylation sites (N-methyl/N-ethyl adjacent to an activating group) is 1. The zero-order chi connectivity index (χ0) is 37.9. The molecular formula is C36H59N7O7. The predicted molar refractivity (Wildman–Crippen MR) is 188 cm³/mol. The third kappa shape index (κ3) is 9.29. The first kappa shape index (κ1) is 40.6. The summed E-state index contributed by atoms with van der Waals surface area (Å²) in [5.74, 6) is -3.33. The molecule has 1 unspecified atom stereocenters. The minimum Gasteiger partial charge on any atom is -0.346 e. The molecule has 0 aromatic rings. The number of ketones is 1. The highest BCUT2D eigenvalue weighted by molar-refractivity contribution is 6.38. The molecule has 280 valence electrons. The fourth-order valence-electron chi connectivity index (χ4n) is 7.05. The van der Waals surface area contributed by atoms with E-state index in [-0.39, 0.29) is 61.7 Å². The summed E-state index contributed by atoms with van der Waals surface area (Å²) in [4.78, 5) is 97.5. The van der Waals surface area contributed by atoms with Crippen LogP contribution in [0.3, 0.4) is 0 Å². The minimum absolute atomic E-state index is 0.0209. The zero-order valence-electron chi connectivity index (χ0n) is 31.6. The van der Waals surface area contributed by atoms with E-state index >= 15 is 0 Å². The van der Waals surface area contributed by atoms with Crippen molar-refractivity contribution < 1.29 is 33.6 Å². The second-order valence-corrected chi connectivity index (χ2v) is 16.9. The number of imide groups is 1. The number of nitrogens with one attached hydrogen (secondary N) is 4. The molecule has 0 bridgehead atoms. The third-order valence-electron chi connectivity index (χ3n) is 10.4. The number of urea groups is 1. The smallest absolute Gasteiger partial charge is 0.315 e. The molecular weight excluding hydrogens is 642 g/mol. The quantitative estimate of drug-likeness (QED) is 0.120.